The SMILES string of the molecule is CSC(=Nc1ccc(C(CC(=O)O)C(=O)O)cc1)NC#N. The van der Waals surface area contributed by atoms with Crippen LogP contribution in [0.5, 0.6) is 0 Å². The summed E-state index contributed by atoms with van der Waals surface area (Å²) in [7, 11) is 0. The van der Waals surface area contributed by atoms with E-state index in [-0.39, 0.29) is 0 Å². The van der Waals surface area contributed by atoms with Gasteiger partial charge in [0.2, 0.25) is 0 Å². The Hall–Kier alpha value is -2.53. The lowest BCUT2D eigenvalue weighted by Gasteiger charge is -2.10. The molecule has 0 aliphatic carbocycles. The Kier molecular flexibility index (Phi) is 6.23. The second kappa shape index (κ2) is 7.91. The quantitative estimate of drug-likeness (QED) is 0.328. The smallest absolute Gasteiger partial charge is 0.311 e. The number of carboxylic acids is 2. The lowest BCUT2D eigenvalue weighted by molar-refractivity contribution is -0.145. The Morgan fingerprint density at radius 2 is 2.00 bits per heavy atom. The molecule has 0 radical (unpaired) electrons. The van der Waals surface area contributed by atoms with Crippen molar-refractivity contribution in [2.45, 2.75) is 12.3 Å². The van der Waals surface area contributed by atoms with Gasteiger partial charge >= 0.3 is 11.9 Å². The van der Waals surface area contributed by atoms with E-state index in [2.05, 4.69) is 10.3 Å². The standard InChI is InChI=1S/C13H13N3O4S/c1-21-13(15-7-14)16-9-4-2-8(3-5-9)10(12(19)20)6-11(17)18/h2-5,10H,6H2,1H3,(H,15,16)(H,17,18)(H,19,20). The van der Waals surface area contributed by atoms with E-state index in [1.807, 2.05) is 0 Å². The first kappa shape index (κ1) is 16.5. The average molecular weight is 307 g/mol. The molecule has 110 valence electrons. The van der Waals surface area contributed by atoms with Gasteiger partial charge in [-0.2, -0.15) is 5.26 Å². The fourth-order valence-electron chi connectivity index (χ4n) is 1.59. The van der Waals surface area contributed by atoms with E-state index < -0.39 is 24.3 Å². The molecule has 21 heavy (non-hydrogen) atoms. The maximum atomic E-state index is 11.1. The molecule has 0 fully saturated rings. The molecule has 0 amide bonds. The number of carboxylic acid groups (broad SMARTS) is 2. The number of amidine groups is 1. The van der Waals surface area contributed by atoms with Crippen LogP contribution in [0.25, 0.3) is 0 Å². The molecule has 0 saturated heterocycles. The summed E-state index contributed by atoms with van der Waals surface area (Å²) < 4.78 is 0. The van der Waals surface area contributed by atoms with Crippen LogP contribution in [0.3, 0.4) is 0 Å². The maximum Gasteiger partial charge on any atom is 0.311 e. The highest BCUT2D eigenvalue weighted by atomic mass is 32.2. The molecule has 0 aromatic heterocycles. The maximum absolute atomic E-state index is 11.1. The average Bonchev–Trinajstić information content (AvgIpc) is 2.44. The molecule has 0 saturated carbocycles. The van der Waals surface area contributed by atoms with Crippen LogP contribution >= 0.6 is 11.8 Å². The third-order valence-electron chi connectivity index (χ3n) is 2.56. The Labute approximate surface area is 125 Å². The van der Waals surface area contributed by atoms with Gasteiger partial charge < -0.3 is 10.2 Å². The summed E-state index contributed by atoms with van der Waals surface area (Å²) in [6.45, 7) is 0. The van der Waals surface area contributed by atoms with Crippen LogP contribution in [0.15, 0.2) is 29.3 Å². The summed E-state index contributed by atoms with van der Waals surface area (Å²) in [5, 5.41) is 29.1. The topological polar surface area (TPSA) is 123 Å². The lowest BCUT2D eigenvalue weighted by Crippen LogP contribution is -2.15. The van der Waals surface area contributed by atoms with Crippen molar-refractivity contribution in [2.24, 2.45) is 4.99 Å². The summed E-state index contributed by atoms with van der Waals surface area (Å²) in [6, 6.07) is 6.18. The Balaban J connectivity index is 2.98. The minimum absolute atomic E-state index is 0.391. The van der Waals surface area contributed by atoms with E-state index in [4.69, 9.17) is 15.5 Å². The van der Waals surface area contributed by atoms with Crippen molar-refractivity contribution in [2.75, 3.05) is 6.26 Å². The van der Waals surface area contributed by atoms with E-state index in [9.17, 15) is 9.59 Å². The van der Waals surface area contributed by atoms with Crippen LogP contribution in [0.2, 0.25) is 0 Å². The monoisotopic (exact) mass is 307 g/mol. The number of nitrogens with zero attached hydrogens (tertiary/aromatic N) is 2. The minimum Gasteiger partial charge on any atom is -0.481 e. The van der Waals surface area contributed by atoms with Gasteiger partial charge in [0.15, 0.2) is 11.4 Å². The van der Waals surface area contributed by atoms with E-state index in [0.717, 1.165) is 0 Å². The normalized spacial score (nSPS) is 12.3. The molecule has 1 rings (SSSR count). The highest BCUT2D eigenvalue weighted by Crippen LogP contribution is 2.23. The molecule has 8 heteroatoms. The number of carbonyl (C=O) groups is 2. The number of aliphatic imine (C=N–C) groups is 1. The van der Waals surface area contributed by atoms with Crippen molar-refractivity contribution in [3.8, 4) is 6.19 Å². The summed E-state index contributed by atoms with van der Waals surface area (Å²) in [6.07, 6.45) is 3.03. The number of aliphatic carboxylic acids is 2. The summed E-state index contributed by atoms with van der Waals surface area (Å²) >= 11 is 1.26. The van der Waals surface area contributed by atoms with Crippen molar-refractivity contribution >= 4 is 34.6 Å². The molecule has 1 unspecified atom stereocenters. The van der Waals surface area contributed by atoms with Crippen LogP contribution in [-0.4, -0.2) is 33.6 Å². The highest BCUT2D eigenvalue weighted by Gasteiger charge is 2.22. The van der Waals surface area contributed by atoms with Gasteiger partial charge in [-0.15, -0.1) is 0 Å². The highest BCUT2D eigenvalue weighted by molar-refractivity contribution is 8.13. The fourth-order valence-corrected chi connectivity index (χ4v) is 1.94. The van der Waals surface area contributed by atoms with Gasteiger partial charge in [-0.05, 0) is 24.0 Å². The van der Waals surface area contributed by atoms with Crippen LogP contribution in [0.1, 0.15) is 17.9 Å². The molecule has 0 heterocycles. The zero-order valence-electron chi connectivity index (χ0n) is 11.1. The van der Waals surface area contributed by atoms with Crippen molar-refractivity contribution in [1.82, 2.24) is 5.32 Å². The number of benzene rings is 1. The Bertz CT molecular complexity index is 592. The molecule has 3 N–H and O–H groups in total. The van der Waals surface area contributed by atoms with Crippen LogP contribution in [0, 0.1) is 11.5 Å². The number of hydrogen-bond donors (Lipinski definition) is 3. The molecule has 0 aliphatic rings. The second-order valence-corrected chi connectivity index (χ2v) is 4.73. The van der Waals surface area contributed by atoms with E-state index in [0.29, 0.717) is 16.4 Å². The van der Waals surface area contributed by atoms with Gasteiger partial charge in [-0.1, -0.05) is 23.9 Å². The Morgan fingerprint density at radius 1 is 1.38 bits per heavy atom. The zero-order chi connectivity index (χ0) is 15.8. The molecule has 0 aliphatic heterocycles. The minimum atomic E-state index is -1.19. The summed E-state index contributed by atoms with van der Waals surface area (Å²) in [4.78, 5) is 25.9. The van der Waals surface area contributed by atoms with Crippen molar-refractivity contribution in [3.05, 3.63) is 29.8 Å². The fraction of sp³-hybridized carbons (Fsp3) is 0.231. The molecule has 7 nitrogen and oxygen atoms in total. The van der Waals surface area contributed by atoms with Crippen LogP contribution in [0.4, 0.5) is 5.69 Å². The number of nitrogens with one attached hydrogen (secondary N) is 1. The number of hydrogen-bond acceptors (Lipinski definition) is 5. The summed E-state index contributed by atoms with van der Waals surface area (Å²) in [5.74, 6) is -3.46. The van der Waals surface area contributed by atoms with Crippen molar-refractivity contribution < 1.29 is 19.8 Å². The number of rotatable bonds is 5. The van der Waals surface area contributed by atoms with Gasteiger partial charge in [0, 0.05) is 0 Å². The number of nitriles is 1. The van der Waals surface area contributed by atoms with E-state index >= 15 is 0 Å². The van der Waals surface area contributed by atoms with Gasteiger partial charge in [0.05, 0.1) is 18.0 Å². The predicted octanol–water partition coefficient (Wildman–Crippen LogP) is 1.75. The van der Waals surface area contributed by atoms with Crippen molar-refractivity contribution in [1.29, 1.82) is 5.26 Å². The molecule has 1 atom stereocenters. The van der Waals surface area contributed by atoms with Gasteiger partial charge in [0.1, 0.15) is 0 Å². The molecule has 1 aromatic carbocycles. The lowest BCUT2D eigenvalue weighted by atomic mass is 9.96. The first-order valence-corrected chi connectivity index (χ1v) is 7.02. The van der Waals surface area contributed by atoms with Crippen LogP contribution in [-0.2, 0) is 9.59 Å². The largest absolute Gasteiger partial charge is 0.481 e. The first-order chi connectivity index (χ1) is 9.97. The second-order valence-electron chi connectivity index (χ2n) is 3.94. The summed E-state index contributed by atoms with van der Waals surface area (Å²) in [5.41, 5.74) is 0.924. The number of thioether (sulfide) groups is 1. The molecular formula is C13H13N3O4S. The molecule has 0 spiro atoms. The first-order valence-electron chi connectivity index (χ1n) is 5.80. The van der Waals surface area contributed by atoms with E-state index in [1.54, 1.807) is 24.6 Å². The van der Waals surface area contributed by atoms with Crippen molar-refractivity contribution in [3.63, 3.8) is 0 Å². The molecule has 1 aromatic rings. The van der Waals surface area contributed by atoms with Gasteiger partial charge in [-0.3, -0.25) is 14.9 Å². The van der Waals surface area contributed by atoms with E-state index in [1.165, 1.54) is 23.9 Å². The van der Waals surface area contributed by atoms with Gasteiger partial charge in [0.25, 0.3) is 0 Å². The predicted molar refractivity (Wildman–Crippen MR) is 78.4 cm³/mol. The third kappa shape index (κ3) is 5.16. The molecular weight excluding hydrogens is 294 g/mol. The van der Waals surface area contributed by atoms with Crippen LogP contribution < -0.4 is 5.32 Å². The molecule has 0 bridgehead atoms. The Morgan fingerprint density at radius 3 is 2.43 bits per heavy atom. The van der Waals surface area contributed by atoms with Gasteiger partial charge in [-0.25, -0.2) is 4.99 Å². The third-order valence-corrected chi connectivity index (χ3v) is 3.14. The zero-order valence-corrected chi connectivity index (χ0v) is 11.9.